The molecular weight excluding hydrogens is 439 g/mol. The summed E-state index contributed by atoms with van der Waals surface area (Å²) in [6, 6.07) is 16.2. The van der Waals surface area contributed by atoms with E-state index in [-0.39, 0.29) is 23.1 Å². The number of rotatable bonds is 12. The minimum Gasteiger partial charge on any atom is -0.505 e. The summed E-state index contributed by atoms with van der Waals surface area (Å²) < 4.78 is 23.8. The zero-order chi connectivity index (χ0) is 24.3. The molecule has 0 amide bonds. The number of aliphatic hydroxyl groups is 1. The fraction of sp³-hybridized carbons (Fsp3) is 0.308. The second-order valence-electron chi connectivity index (χ2n) is 7.84. The molecule has 0 aliphatic carbocycles. The molecule has 0 radical (unpaired) electrons. The summed E-state index contributed by atoms with van der Waals surface area (Å²) in [4.78, 5) is 15.8. The minimum atomic E-state index is -0.781. The van der Waals surface area contributed by atoms with Crippen molar-refractivity contribution in [3.8, 4) is 5.75 Å². The Bertz CT molecular complexity index is 1060. The maximum absolute atomic E-state index is 13.3. The molecule has 3 rings (SSSR count). The Morgan fingerprint density at radius 3 is 2.53 bits per heavy atom. The Hall–Kier alpha value is -3.33. The smallest absolute Gasteiger partial charge is 0.360 e. The van der Waals surface area contributed by atoms with Crippen molar-refractivity contribution in [2.75, 3.05) is 13.7 Å². The summed E-state index contributed by atoms with van der Waals surface area (Å²) in [5.41, 5.74) is 2.58. The van der Waals surface area contributed by atoms with Crippen molar-refractivity contribution >= 4 is 5.97 Å². The molecule has 1 unspecified atom stereocenters. The lowest BCUT2D eigenvalue weighted by Gasteiger charge is -2.20. The van der Waals surface area contributed by atoms with E-state index < -0.39 is 18.3 Å². The molecule has 0 spiro atoms. The van der Waals surface area contributed by atoms with E-state index in [1.54, 1.807) is 12.1 Å². The van der Waals surface area contributed by atoms with Crippen LogP contribution in [0.2, 0.25) is 0 Å². The van der Waals surface area contributed by atoms with Gasteiger partial charge in [0.1, 0.15) is 5.82 Å². The van der Waals surface area contributed by atoms with Gasteiger partial charge in [0.15, 0.2) is 11.4 Å². The van der Waals surface area contributed by atoms with Gasteiger partial charge in [0.2, 0.25) is 0 Å². The summed E-state index contributed by atoms with van der Waals surface area (Å²) in [6.45, 7) is 0.845. The lowest BCUT2D eigenvalue weighted by atomic mass is 10.0. The molecule has 0 aliphatic heterocycles. The first kappa shape index (κ1) is 25.3. The van der Waals surface area contributed by atoms with Gasteiger partial charge in [-0.3, -0.25) is 0 Å². The highest BCUT2D eigenvalue weighted by Gasteiger charge is 2.20. The Morgan fingerprint density at radius 2 is 1.85 bits per heavy atom. The maximum Gasteiger partial charge on any atom is 0.360 e. The quantitative estimate of drug-likeness (QED) is 0.276. The zero-order valence-corrected chi connectivity index (χ0v) is 19.0. The van der Waals surface area contributed by atoms with Gasteiger partial charge in [0.05, 0.1) is 20.3 Å². The van der Waals surface area contributed by atoms with Gasteiger partial charge < -0.3 is 25.0 Å². The van der Waals surface area contributed by atoms with Crippen LogP contribution in [0.5, 0.6) is 5.75 Å². The molecule has 180 valence electrons. The van der Waals surface area contributed by atoms with Crippen molar-refractivity contribution in [1.29, 1.82) is 0 Å². The second-order valence-corrected chi connectivity index (χ2v) is 7.84. The molecule has 0 bridgehead atoms. The van der Waals surface area contributed by atoms with Gasteiger partial charge in [-0.1, -0.05) is 42.5 Å². The van der Waals surface area contributed by atoms with Gasteiger partial charge >= 0.3 is 5.97 Å². The lowest BCUT2D eigenvalue weighted by molar-refractivity contribution is 0.0589. The van der Waals surface area contributed by atoms with Crippen molar-refractivity contribution in [1.82, 2.24) is 10.3 Å². The number of methoxy groups -OCH3 is 1. The molecule has 7 nitrogen and oxygen atoms in total. The molecule has 8 heteroatoms. The Balaban J connectivity index is 1.67. The maximum atomic E-state index is 13.3. The van der Waals surface area contributed by atoms with Crippen LogP contribution in [0, 0.1) is 5.82 Å². The number of esters is 1. The predicted octanol–water partition coefficient (Wildman–Crippen LogP) is 3.51. The molecule has 0 saturated carbocycles. The van der Waals surface area contributed by atoms with E-state index in [1.807, 2.05) is 30.3 Å². The van der Waals surface area contributed by atoms with E-state index in [0.29, 0.717) is 38.2 Å². The van der Waals surface area contributed by atoms with Crippen molar-refractivity contribution in [2.45, 2.75) is 38.6 Å². The molecule has 34 heavy (non-hydrogen) atoms. The van der Waals surface area contributed by atoms with E-state index in [4.69, 9.17) is 4.74 Å². The largest absolute Gasteiger partial charge is 0.505 e. The van der Waals surface area contributed by atoms with Crippen LogP contribution in [0.25, 0.3) is 0 Å². The molecule has 1 atom stereocenters. The van der Waals surface area contributed by atoms with Gasteiger partial charge in [-0.25, -0.2) is 14.2 Å². The number of aliphatic hydroxyl groups excluding tert-OH is 1. The normalized spacial score (nSPS) is 11.9. The zero-order valence-electron chi connectivity index (χ0n) is 19.0. The third-order valence-corrected chi connectivity index (χ3v) is 5.48. The van der Waals surface area contributed by atoms with E-state index >= 15 is 0 Å². The molecule has 2 aromatic carbocycles. The standard InChI is InChI=1S/C26H29FN2O5/c1-33-26(32)24-25(31)23(16-30)20(15-29-24)14-28-22(13-18-7-9-21(27)10-8-18)11-12-34-17-19-5-3-2-4-6-19/h2-10,15,22,28,30-31H,11-14,16-17H2,1H3. The van der Waals surface area contributed by atoms with Crippen LogP contribution in [0.3, 0.4) is 0 Å². The first-order valence-electron chi connectivity index (χ1n) is 11.0. The van der Waals surface area contributed by atoms with Crippen molar-refractivity contribution in [3.05, 3.63) is 94.6 Å². The molecule has 1 aromatic heterocycles. The van der Waals surface area contributed by atoms with Gasteiger partial charge in [-0.05, 0) is 41.7 Å². The third-order valence-electron chi connectivity index (χ3n) is 5.48. The van der Waals surface area contributed by atoms with Crippen molar-refractivity contribution < 1.29 is 28.9 Å². The number of hydrogen-bond donors (Lipinski definition) is 3. The van der Waals surface area contributed by atoms with Crippen LogP contribution in [0.15, 0.2) is 60.8 Å². The second kappa shape index (κ2) is 12.8. The van der Waals surface area contributed by atoms with Crippen LogP contribution in [0.1, 0.15) is 39.2 Å². The molecule has 3 N–H and O–H groups in total. The predicted molar refractivity (Wildman–Crippen MR) is 125 cm³/mol. The average Bonchev–Trinajstić information content (AvgIpc) is 2.86. The SMILES string of the molecule is COC(=O)c1ncc(CNC(CCOCc2ccccc2)Cc2ccc(F)cc2)c(CO)c1O. The third kappa shape index (κ3) is 7.08. The molecule has 3 aromatic rings. The highest BCUT2D eigenvalue weighted by molar-refractivity contribution is 5.90. The number of nitrogens with one attached hydrogen (secondary N) is 1. The molecular formula is C26H29FN2O5. The first-order chi connectivity index (χ1) is 16.5. The number of aromatic hydroxyl groups is 1. The number of halogens is 1. The average molecular weight is 469 g/mol. The summed E-state index contributed by atoms with van der Waals surface area (Å²) >= 11 is 0. The molecule has 0 saturated heterocycles. The van der Waals surface area contributed by atoms with Crippen molar-refractivity contribution in [3.63, 3.8) is 0 Å². The van der Waals surface area contributed by atoms with Crippen LogP contribution in [-0.4, -0.2) is 40.9 Å². The number of benzene rings is 2. The van der Waals surface area contributed by atoms with Gasteiger partial charge in [-0.2, -0.15) is 0 Å². The highest BCUT2D eigenvalue weighted by Crippen LogP contribution is 2.25. The summed E-state index contributed by atoms with van der Waals surface area (Å²) in [6.07, 6.45) is 2.74. The van der Waals surface area contributed by atoms with Crippen LogP contribution in [0.4, 0.5) is 4.39 Å². The molecule has 0 aliphatic rings. The Kier molecular flexibility index (Phi) is 9.51. The minimum absolute atomic E-state index is 0.0322. The van der Waals surface area contributed by atoms with Crippen molar-refractivity contribution in [2.24, 2.45) is 0 Å². The van der Waals surface area contributed by atoms with Crippen LogP contribution in [-0.2, 0) is 35.7 Å². The first-order valence-corrected chi connectivity index (χ1v) is 11.0. The highest BCUT2D eigenvalue weighted by atomic mass is 19.1. The fourth-order valence-corrected chi connectivity index (χ4v) is 3.58. The Morgan fingerprint density at radius 1 is 1.12 bits per heavy atom. The Labute approximate surface area is 198 Å². The van der Waals surface area contributed by atoms with Gasteiger partial charge in [-0.15, -0.1) is 0 Å². The van der Waals surface area contributed by atoms with E-state index in [0.717, 1.165) is 11.1 Å². The monoisotopic (exact) mass is 468 g/mol. The summed E-state index contributed by atoms with van der Waals surface area (Å²) in [5.74, 6) is -1.47. The lowest BCUT2D eigenvalue weighted by Crippen LogP contribution is -2.32. The summed E-state index contributed by atoms with van der Waals surface area (Å²) in [7, 11) is 1.19. The number of pyridine rings is 1. The van der Waals surface area contributed by atoms with E-state index in [9.17, 15) is 19.4 Å². The fourth-order valence-electron chi connectivity index (χ4n) is 3.58. The number of aromatic nitrogens is 1. The molecule has 1 heterocycles. The summed E-state index contributed by atoms with van der Waals surface area (Å²) in [5, 5.41) is 23.5. The topological polar surface area (TPSA) is 101 Å². The van der Waals surface area contributed by atoms with E-state index in [1.165, 1.54) is 25.4 Å². The number of carbonyl (C=O) groups excluding carboxylic acids is 1. The van der Waals surface area contributed by atoms with E-state index in [2.05, 4.69) is 15.0 Å². The van der Waals surface area contributed by atoms with Crippen LogP contribution >= 0.6 is 0 Å². The number of carbonyl (C=O) groups is 1. The number of hydrogen-bond acceptors (Lipinski definition) is 7. The number of nitrogens with zero attached hydrogens (tertiary/aromatic N) is 1. The van der Waals surface area contributed by atoms with Crippen LogP contribution < -0.4 is 5.32 Å². The number of ether oxygens (including phenoxy) is 2. The van der Waals surface area contributed by atoms with Gasteiger partial charge in [0.25, 0.3) is 0 Å². The van der Waals surface area contributed by atoms with Gasteiger partial charge in [0, 0.05) is 31.0 Å². The molecule has 0 fully saturated rings.